The minimum atomic E-state index is -0.122. The Bertz CT molecular complexity index is 360. The van der Waals surface area contributed by atoms with Gasteiger partial charge in [-0.15, -0.1) is 6.58 Å². The molecule has 0 radical (unpaired) electrons. The van der Waals surface area contributed by atoms with E-state index in [1.165, 1.54) is 5.56 Å². The molecule has 0 bridgehead atoms. The number of hydrogen-bond acceptors (Lipinski definition) is 1. The maximum absolute atomic E-state index is 5.79. The van der Waals surface area contributed by atoms with Crippen LogP contribution in [0.2, 0.25) is 0 Å². The van der Waals surface area contributed by atoms with Gasteiger partial charge < -0.3 is 4.74 Å². The number of benzene rings is 1. The summed E-state index contributed by atoms with van der Waals surface area (Å²) < 4.78 is 5.79. The fraction of sp³-hybridized carbons (Fsp3) is 0.467. The molecule has 1 aliphatic rings. The molecule has 0 saturated carbocycles. The molecule has 1 fully saturated rings. The number of hydrogen-bond donors (Lipinski definition) is 0. The third-order valence-corrected chi connectivity index (χ3v) is 3.80. The molecule has 1 heteroatoms. The van der Waals surface area contributed by atoms with Crippen LogP contribution >= 0.6 is 0 Å². The van der Waals surface area contributed by atoms with Gasteiger partial charge in [-0.3, -0.25) is 0 Å². The molecular weight excluding hydrogens is 196 g/mol. The second-order valence-corrected chi connectivity index (χ2v) is 5.24. The summed E-state index contributed by atoms with van der Waals surface area (Å²) in [7, 11) is 0. The highest BCUT2D eigenvalue weighted by Gasteiger charge is 2.48. The van der Waals surface area contributed by atoms with Crippen molar-refractivity contribution in [1.29, 1.82) is 0 Å². The van der Waals surface area contributed by atoms with Crippen LogP contribution in [0.15, 0.2) is 43.0 Å². The zero-order chi connectivity index (χ0) is 11.6. The van der Waals surface area contributed by atoms with Gasteiger partial charge in [-0.05, 0) is 12.0 Å². The monoisotopic (exact) mass is 216 g/mol. The van der Waals surface area contributed by atoms with Crippen LogP contribution in [0.25, 0.3) is 0 Å². The first-order valence-corrected chi connectivity index (χ1v) is 5.91. The SMILES string of the molecule is C=CC1(C(C)(C)Cc2ccccc2)CCO1. The Labute approximate surface area is 98.1 Å². The summed E-state index contributed by atoms with van der Waals surface area (Å²) in [6.45, 7) is 9.33. The van der Waals surface area contributed by atoms with Crippen LogP contribution in [0.5, 0.6) is 0 Å². The van der Waals surface area contributed by atoms with E-state index < -0.39 is 0 Å². The van der Waals surface area contributed by atoms with E-state index in [-0.39, 0.29) is 11.0 Å². The van der Waals surface area contributed by atoms with Gasteiger partial charge in [0.25, 0.3) is 0 Å². The van der Waals surface area contributed by atoms with Gasteiger partial charge in [-0.2, -0.15) is 0 Å². The summed E-state index contributed by atoms with van der Waals surface area (Å²) in [5.74, 6) is 0. The first-order chi connectivity index (χ1) is 7.60. The van der Waals surface area contributed by atoms with Gasteiger partial charge in [-0.25, -0.2) is 0 Å². The molecule has 0 spiro atoms. The van der Waals surface area contributed by atoms with Gasteiger partial charge in [0, 0.05) is 11.8 Å². The third-order valence-electron chi connectivity index (χ3n) is 3.80. The van der Waals surface area contributed by atoms with Gasteiger partial charge in [0.05, 0.1) is 12.2 Å². The lowest BCUT2D eigenvalue weighted by Crippen LogP contribution is -2.54. The van der Waals surface area contributed by atoms with Gasteiger partial charge in [0.2, 0.25) is 0 Å². The molecule has 2 rings (SSSR count). The topological polar surface area (TPSA) is 9.23 Å². The van der Waals surface area contributed by atoms with E-state index in [0.29, 0.717) is 0 Å². The summed E-state index contributed by atoms with van der Waals surface area (Å²) in [5, 5.41) is 0. The second kappa shape index (κ2) is 4.06. The Morgan fingerprint density at radius 1 is 1.38 bits per heavy atom. The highest BCUT2D eigenvalue weighted by molar-refractivity contribution is 5.20. The Morgan fingerprint density at radius 2 is 2.00 bits per heavy atom. The van der Waals surface area contributed by atoms with Crippen molar-refractivity contribution >= 4 is 0 Å². The molecule has 0 aromatic heterocycles. The molecule has 16 heavy (non-hydrogen) atoms. The van der Waals surface area contributed by atoms with Crippen molar-refractivity contribution in [2.75, 3.05) is 6.61 Å². The van der Waals surface area contributed by atoms with E-state index in [0.717, 1.165) is 19.4 Å². The number of rotatable bonds is 4. The molecule has 0 N–H and O–H groups in total. The molecule has 86 valence electrons. The van der Waals surface area contributed by atoms with Gasteiger partial charge in [-0.1, -0.05) is 50.3 Å². The van der Waals surface area contributed by atoms with Crippen LogP contribution < -0.4 is 0 Å². The molecule has 1 nitrogen and oxygen atoms in total. The Balaban J connectivity index is 2.16. The van der Waals surface area contributed by atoms with Crippen molar-refractivity contribution in [3.05, 3.63) is 48.6 Å². The molecule has 0 amide bonds. The maximum Gasteiger partial charge on any atom is 0.0935 e. The van der Waals surface area contributed by atoms with E-state index >= 15 is 0 Å². The number of ether oxygens (including phenoxy) is 1. The highest BCUT2D eigenvalue weighted by Crippen LogP contribution is 2.45. The van der Waals surface area contributed by atoms with Crippen molar-refractivity contribution in [3.8, 4) is 0 Å². The lowest BCUT2D eigenvalue weighted by atomic mass is 9.67. The summed E-state index contributed by atoms with van der Waals surface area (Å²) >= 11 is 0. The van der Waals surface area contributed by atoms with Crippen molar-refractivity contribution < 1.29 is 4.74 Å². The minimum Gasteiger partial charge on any atom is -0.370 e. The van der Waals surface area contributed by atoms with Crippen molar-refractivity contribution in [2.24, 2.45) is 5.41 Å². The fourth-order valence-corrected chi connectivity index (χ4v) is 2.55. The molecule has 0 aliphatic carbocycles. The quantitative estimate of drug-likeness (QED) is 0.699. The van der Waals surface area contributed by atoms with E-state index in [2.05, 4.69) is 50.8 Å². The summed E-state index contributed by atoms with van der Waals surface area (Å²) in [6.07, 6.45) is 4.11. The van der Waals surface area contributed by atoms with E-state index in [1.54, 1.807) is 0 Å². The molecule has 1 unspecified atom stereocenters. The molecule has 1 atom stereocenters. The average molecular weight is 216 g/mol. The van der Waals surface area contributed by atoms with Crippen molar-refractivity contribution in [3.63, 3.8) is 0 Å². The third kappa shape index (κ3) is 1.80. The zero-order valence-corrected chi connectivity index (χ0v) is 10.2. The minimum absolute atomic E-state index is 0.106. The lowest BCUT2D eigenvalue weighted by Gasteiger charge is -2.51. The van der Waals surface area contributed by atoms with E-state index in [4.69, 9.17) is 4.74 Å². The van der Waals surface area contributed by atoms with Crippen LogP contribution in [0.1, 0.15) is 25.8 Å². The van der Waals surface area contributed by atoms with Crippen molar-refractivity contribution in [2.45, 2.75) is 32.3 Å². The summed E-state index contributed by atoms with van der Waals surface area (Å²) in [6, 6.07) is 10.6. The van der Waals surface area contributed by atoms with E-state index in [9.17, 15) is 0 Å². The standard InChI is InChI=1S/C15H20O/c1-4-15(10-11-16-15)14(2,3)12-13-8-6-5-7-9-13/h4-9H,1,10-12H2,2-3H3. The highest BCUT2D eigenvalue weighted by atomic mass is 16.5. The summed E-state index contributed by atoms with van der Waals surface area (Å²) in [4.78, 5) is 0. The molecule has 1 heterocycles. The average Bonchev–Trinajstić information content (AvgIpc) is 2.16. The van der Waals surface area contributed by atoms with Crippen LogP contribution in [-0.4, -0.2) is 12.2 Å². The van der Waals surface area contributed by atoms with Crippen LogP contribution in [0.4, 0.5) is 0 Å². The van der Waals surface area contributed by atoms with Gasteiger partial charge >= 0.3 is 0 Å². The smallest absolute Gasteiger partial charge is 0.0935 e. The fourth-order valence-electron chi connectivity index (χ4n) is 2.55. The molecule has 1 aromatic rings. The van der Waals surface area contributed by atoms with Crippen molar-refractivity contribution in [1.82, 2.24) is 0 Å². The normalized spacial score (nSPS) is 24.9. The predicted molar refractivity (Wildman–Crippen MR) is 67.4 cm³/mol. The van der Waals surface area contributed by atoms with Crippen LogP contribution in [0.3, 0.4) is 0 Å². The molecule has 1 aromatic carbocycles. The molecule has 1 aliphatic heterocycles. The van der Waals surface area contributed by atoms with E-state index in [1.807, 2.05) is 6.08 Å². The van der Waals surface area contributed by atoms with Gasteiger partial charge in [0.15, 0.2) is 0 Å². The Hall–Kier alpha value is -1.08. The molecule has 1 saturated heterocycles. The Kier molecular flexibility index (Phi) is 2.90. The van der Waals surface area contributed by atoms with Crippen LogP contribution in [0, 0.1) is 5.41 Å². The van der Waals surface area contributed by atoms with Crippen LogP contribution in [-0.2, 0) is 11.2 Å². The first-order valence-electron chi connectivity index (χ1n) is 5.91. The predicted octanol–water partition coefficient (Wildman–Crippen LogP) is 3.60. The maximum atomic E-state index is 5.79. The first kappa shape index (κ1) is 11.4. The zero-order valence-electron chi connectivity index (χ0n) is 10.2. The lowest BCUT2D eigenvalue weighted by molar-refractivity contribution is -0.176. The summed E-state index contributed by atoms with van der Waals surface area (Å²) in [5.41, 5.74) is 1.35. The van der Waals surface area contributed by atoms with Gasteiger partial charge in [0.1, 0.15) is 0 Å². The largest absolute Gasteiger partial charge is 0.370 e. The molecular formula is C15H20O. The second-order valence-electron chi connectivity index (χ2n) is 5.24. The Morgan fingerprint density at radius 3 is 2.44 bits per heavy atom.